The third kappa shape index (κ3) is 5.37. The fourth-order valence-electron chi connectivity index (χ4n) is 2.65. The van der Waals surface area contributed by atoms with Gasteiger partial charge in [-0.2, -0.15) is 0 Å². The highest BCUT2D eigenvalue weighted by atomic mass is 35.5. The van der Waals surface area contributed by atoms with E-state index in [2.05, 4.69) is 5.32 Å². The van der Waals surface area contributed by atoms with Crippen molar-refractivity contribution >= 4 is 40.6 Å². The number of aryl methyl sites for hydroxylation is 2. The van der Waals surface area contributed by atoms with E-state index >= 15 is 0 Å². The maximum atomic E-state index is 12.3. The van der Waals surface area contributed by atoms with E-state index in [1.54, 1.807) is 42.5 Å². The van der Waals surface area contributed by atoms with E-state index in [1.807, 2.05) is 26.0 Å². The smallest absolute Gasteiger partial charge is 0.257 e. The summed E-state index contributed by atoms with van der Waals surface area (Å²) < 4.78 is 5.57. The van der Waals surface area contributed by atoms with Crippen molar-refractivity contribution in [3.63, 3.8) is 0 Å². The molecule has 0 fully saturated rings. The number of carbonyl (C=O) groups excluding carboxylic acids is 2. The van der Waals surface area contributed by atoms with E-state index in [0.717, 1.165) is 11.1 Å². The largest absolute Gasteiger partial charge is 0.485 e. The van der Waals surface area contributed by atoms with Gasteiger partial charge in [0.05, 0.1) is 10.6 Å². The van der Waals surface area contributed by atoms with Crippen molar-refractivity contribution in [2.24, 2.45) is 0 Å². The molecule has 0 atom stereocenters. The summed E-state index contributed by atoms with van der Waals surface area (Å²) in [6.07, 6.45) is 0. The third-order valence-electron chi connectivity index (χ3n) is 4.49. The molecule has 0 aliphatic heterocycles. The molecule has 0 heterocycles. The van der Waals surface area contributed by atoms with Crippen molar-refractivity contribution in [2.45, 2.75) is 13.8 Å². The average molecular weight is 428 g/mol. The van der Waals surface area contributed by atoms with Crippen LogP contribution in [0, 0.1) is 13.8 Å². The van der Waals surface area contributed by atoms with E-state index in [0.29, 0.717) is 27.6 Å². The number of halogens is 2. The van der Waals surface area contributed by atoms with Gasteiger partial charge in [-0.3, -0.25) is 9.59 Å². The van der Waals surface area contributed by atoms with Gasteiger partial charge in [0.15, 0.2) is 12.4 Å². The summed E-state index contributed by atoms with van der Waals surface area (Å²) in [4.78, 5) is 24.6. The zero-order chi connectivity index (χ0) is 21.0. The maximum Gasteiger partial charge on any atom is 0.257 e. The standard InChI is InChI=1S/C23H19Cl2NO3/c1-14-3-4-16(11-15(14)2)22(27)13-29-19-8-6-18(7-9-19)26-23(28)20-10-5-17(24)12-21(20)25/h3-12H,13H2,1-2H3,(H,26,28). The molecule has 0 aliphatic rings. The molecule has 1 amide bonds. The Morgan fingerprint density at radius 1 is 0.897 bits per heavy atom. The third-order valence-corrected chi connectivity index (χ3v) is 5.03. The van der Waals surface area contributed by atoms with Crippen LogP contribution in [0.1, 0.15) is 31.8 Å². The van der Waals surface area contributed by atoms with Gasteiger partial charge in [-0.25, -0.2) is 0 Å². The second kappa shape index (κ2) is 9.12. The Morgan fingerprint density at radius 3 is 2.28 bits per heavy atom. The van der Waals surface area contributed by atoms with Crippen LogP contribution in [0.3, 0.4) is 0 Å². The van der Waals surface area contributed by atoms with Gasteiger partial charge in [-0.15, -0.1) is 0 Å². The van der Waals surface area contributed by atoms with Gasteiger partial charge in [-0.05, 0) is 73.5 Å². The predicted molar refractivity (Wildman–Crippen MR) is 117 cm³/mol. The molecule has 3 rings (SSSR count). The van der Waals surface area contributed by atoms with Crippen LogP contribution in [0.2, 0.25) is 10.0 Å². The Labute approximate surface area is 179 Å². The highest BCUT2D eigenvalue weighted by molar-refractivity contribution is 6.37. The van der Waals surface area contributed by atoms with Crippen LogP contribution in [0.5, 0.6) is 5.75 Å². The first kappa shape index (κ1) is 20.9. The van der Waals surface area contributed by atoms with Crippen LogP contribution in [0.15, 0.2) is 60.7 Å². The quantitative estimate of drug-likeness (QED) is 0.481. The van der Waals surface area contributed by atoms with Gasteiger partial charge in [0.2, 0.25) is 0 Å². The normalized spacial score (nSPS) is 10.5. The zero-order valence-electron chi connectivity index (χ0n) is 16.0. The SMILES string of the molecule is Cc1ccc(C(=O)COc2ccc(NC(=O)c3ccc(Cl)cc3Cl)cc2)cc1C. The van der Waals surface area contributed by atoms with E-state index in [-0.39, 0.29) is 23.3 Å². The summed E-state index contributed by atoms with van der Waals surface area (Å²) >= 11 is 11.9. The van der Waals surface area contributed by atoms with Crippen molar-refractivity contribution in [2.75, 3.05) is 11.9 Å². The van der Waals surface area contributed by atoms with Crippen LogP contribution in [-0.2, 0) is 0 Å². The van der Waals surface area contributed by atoms with Gasteiger partial charge in [0, 0.05) is 16.3 Å². The molecular formula is C23H19Cl2NO3. The van der Waals surface area contributed by atoms with E-state index in [4.69, 9.17) is 27.9 Å². The lowest BCUT2D eigenvalue weighted by atomic mass is 10.0. The number of anilines is 1. The summed E-state index contributed by atoms with van der Waals surface area (Å²) in [7, 11) is 0. The first-order valence-corrected chi connectivity index (χ1v) is 9.69. The molecule has 0 saturated heterocycles. The monoisotopic (exact) mass is 427 g/mol. The molecule has 0 radical (unpaired) electrons. The summed E-state index contributed by atoms with van der Waals surface area (Å²) in [6.45, 7) is 3.91. The summed E-state index contributed by atoms with van der Waals surface area (Å²) in [5.41, 5.74) is 3.73. The molecular weight excluding hydrogens is 409 g/mol. The molecule has 3 aromatic carbocycles. The van der Waals surface area contributed by atoms with Gasteiger partial charge < -0.3 is 10.1 Å². The summed E-state index contributed by atoms with van der Waals surface area (Å²) in [5.74, 6) is 0.0952. The molecule has 0 aromatic heterocycles. The van der Waals surface area contributed by atoms with Crippen molar-refractivity contribution < 1.29 is 14.3 Å². The molecule has 0 spiro atoms. The molecule has 0 bridgehead atoms. The Kier molecular flexibility index (Phi) is 6.57. The van der Waals surface area contributed by atoms with Crippen molar-refractivity contribution in [3.8, 4) is 5.75 Å². The fraction of sp³-hybridized carbons (Fsp3) is 0.130. The Bertz CT molecular complexity index is 1060. The van der Waals surface area contributed by atoms with Crippen molar-refractivity contribution in [1.82, 2.24) is 0 Å². The van der Waals surface area contributed by atoms with Crippen molar-refractivity contribution in [3.05, 3.63) is 93.0 Å². The molecule has 4 nitrogen and oxygen atoms in total. The minimum absolute atomic E-state index is 0.0609. The van der Waals surface area contributed by atoms with E-state index in [9.17, 15) is 9.59 Å². The minimum atomic E-state index is -0.342. The second-order valence-corrected chi connectivity index (χ2v) is 7.46. The fourth-order valence-corrected chi connectivity index (χ4v) is 3.15. The lowest BCUT2D eigenvalue weighted by Crippen LogP contribution is -2.13. The highest BCUT2D eigenvalue weighted by Crippen LogP contribution is 2.23. The van der Waals surface area contributed by atoms with Crippen LogP contribution in [-0.4, -0.2) is 18.3 Å². The van der Waals surface area contributed by atoms with Crippen LogP contribution in [0.4, 0.5) is 5.69 Å². The molecule has 29 heavy (non-hydrogen) atoms. The number of amides is 1. The molecule has 6 heteroatoms. The second-order valence-electron chi connectivity index (χ2n) is 6.61. The predicted octanol–water partition coefficient (Wildman–Crippen LogP) is 6.12. The lowest BCUT2D eigenvalue weighted by molar-refractivity contribution is 0.0921. The number of carbonyl (C=O) groups is 2. The topological polar surface area (TPSA) is 55.4 Å². The number of ether oxygens (including phenoxy) is 1. The van der Waals surface area contributed by atoms with Gasteiger partial charge >= 0.3 is 0 Å². The number of ketones is 1. The maximum absolute atomic E-state index is 12.3. The molecule has 0 unspecified atom stereocenters. The number of nitrogens with one attached hydrogen (secondary N) is 1. The van der Waals surface area contributed by atoms with E-state index < -0.39 is 0 Å². The van der Waals surface area contributed by atoms with Crippen molar-refractivity contribution in [1.29, 1.82) is 0 Å². The average Bonchev–Trinajstić information content (AvgIpc) is 2.69. The summed E-state index contributed by atoms with van der Waals surface area (Å²) in [6, 6.07) is 17.0. The lowest BCUT2D eigenvalue weighted by Gasteiger charge is -2.09. The number of hydrogen-bond donors (Lipinski definition) is 1. The van der Waals surface area contributed by atoms with Crippen LogP contribution < -0.4 is 10.1 Å². The highest BCUT2D eigenvalue weighted by Gasteiger charge is 2.12. The van der Waals surface area contributed by atoms with Crippen LogP contribution >= 0.6 is 23.2 Å². The number of hydrogen-bond acceptors (Lipinski definition) is 3. The van der Waals surface area contributed by atoms with Gasteiger partial charge in [0.25, 0.3) is 5.91 Å². The Morgan fingerprint density at radius 2 is 1.62 bits per heavy atom. The summed E-state index contributed by atoms with van der Waals surface area (Å²) in [5, 5.41) is 3.50. The van der Waals surface area contributed by atoms with E-state index in [1.165, 1.54) is 6.07 Å². The molecule has 3 aromatic rings. The number of rotatable bonds is 6. The number of benzene rings is 3. The molecule has 0 aliphatic carbocycles. The van der Waals surface area contributed by atoms with Crippen LogP contribution in [0.25, 0.3) is 0 Å². The Hall–Kier alpha value is -2.82. The first-order valence-electron chi connectivity index (χ1n) is 8.93. The molecule has 0 saturated carbocycles. The van der Waals surface area contributed by atoms with Gasteiger partial charge in [0.1, 0.15) is 5.75 Å². The number of Topliss-reactive ketones (excluding diaryl/α,β-unsaturated/α-hetero) is 1. The molecule has 148 valence electrons. The van der Waals surface area contributed by atoms with Gasteiger partial charge in [-0.1, -0.05) is 35.3 Å². The minimum Gasteiger partial charge on any atom is -0.485 e. The Balaban J connectivity index is 1.59. The molecule has 1 N–H and O–H groups in total. The first-order chi connectivity index (χ1) is 13.8. The zero-order valence-corrected chi connectivity index (χ0v) is 17.5.